The van der Waals surface area contributed by atoms with Gasteiger partial charge in [-0.2, -0.15) is 0 Å². The molecule has 1 unspecified atom stereocenters. The van der Waals surface area contributed by atoms with E-state index in [9.17, 15) is 4.79 Å². The van der Waals surface area contributed by atoms with Crippen LogP contribution in [0.5, 0.6) is 0 Å². The molecule has 4 nitrogen and oxygen atoms in total. The molecule has 0 saturated carbocycles. The summed E-state index contributed by atoms with van der Waals surface area (Å²) >= 11 is 0. The number of hydrogen-bond acceptors (Lipinski definition) is 3. The highest BCUT2D eigenvalue weighted by Crippen LogP contribution is 2.17. The highest BCUT2D eigenvalue weighted by Gasteiger charge is 2.16. The number of hydrogen-bond donors (Lipinski definition) is 2. The number of benzene rings is 1. The second-order valence-electron chi connectivity index (χ2n) is 5.33. The number of nitrogens with one attached hydrogen (secondary N) is 2. The first-order valence-corrected chi connectivity index (χ1v) is 7.12. The van der Waals surface area contributed by atoms with Gasteiger partial charge in [-0.25, -0.2) is 0 Å². The third kappa shape index (κ3) is 4.09. The minimum Gasteiger partial charge on any atom is -0.350 e. The van der Waals surface area contributed by atoms with Gasteiger partial charge in [0.15, 0.2) is 0 Å². The molecule has 1 aromatic heterocycles. The molecule has 1 amide bonds. The van der Waals surface area contributed by atoms with E-state index < -0.39 is 0 Å². The van der Waals surface area contributed by atoms with Crippen molar-refractivity contribution in [2.24, 2.45) is 0 Å². The molecule has 1 atom stereocenters. The van der Waals surface area contributed by atoms with Gasteiger partial charge >= 0.3 is 0 Å². The molecular formula is C16H21Cl2N3O. The number of amides is 1. The molecule has 0 radical (unpaired) electrons. The summed E-state index contributed by atoms with van der Waals surface area (Å²) in [5.74, 6) is -0.0394. The highest BCUT2D eigenvalue weighted by molar-refractivity contribution is 6.05. The van der Waals surface area contributed by atoms with Crippen molar-refractivity contribution in [3.63, 3.8) is 0 Å². The maximum Gasteiger partial charge on any atom is 0.253 e. The summed E-state index contributed by atoms with van der Waals surface area (Å²) in [6, 6.07) is 10.1. The van der Waals surface area contributed by atoms with Gasteiger partial charge in [-0.3, -0.25) is 9.78 Å². The second kappa shape index (κ2) is 8.32. The lowest BCUT2D eigenvalue weighted by Crippen LogP contribution is -2.37. The number of carbonyl (C=O) groups is 1. The van der Waals surface area contributed by atoms with Gasteiger partial charge in [0.25, 0.3) is 5.91 Å². The van der Waals surface area contributed by atoms with Gasteiger partial charge in [0.1, 0.15) is 0 Å². The van der Waals surface area contributed by atoms with E-state index in [4.69, 9.17) is 0 Å². The molecule has 1 aliphatic heterocycles. The Labute approximate surface area is 142 Å². The molecule has 1 aromatic carbocycles. The number of carbonyl (C=O) groups excluding carboxylic acids is 1. The van der Waals surface area contributed by atoms with Crippen molar-refractivity contribution in [1.82, 2.24) is 15.6 Å². The van der Waals surface area contributed by atoms with Crippen molar-refractivity contribution in [1.29, 1.82) is 0 Å². The molecule has 2 N–H and O–H groups in total. The lowest BCUT2D eigenvalue weighted by Gasteiger charge is -2.12. The molecule has 2 heterocycles. The van der Waals surface area contributed by atoms with Gasteiger partial charge in [-0.05, 0) is 38.4 Å². The largest absolute Gasteiger partial charge is 0.350 e. The fourth-order valence-electron chi connectivity index (χ4n) is 2.67. The van der Waals surface area contributed by atoms with Crippen LogP contribution < -0.4 is 10.6 Å². The monoisotopic (exact) mass is 341 g/mol. The minimum absolute atomic E-state index is 0. The second-order valence-corrected chi connectivity index (χ2v) is 5.33. The van der Waals surface area contributed by atoms with Crippen LogP contribution in [-0.2, 0) is 0 Å². The van der Waals surface area contributed by atoms with E-state index in [1.54, 1.807) is 0 Å². The zero-order chi connectivity index (χ0) is 13.9. The standard InChI is InChI=1S/C16H19N3O.2ClH/c1-11-7-8-12-4-2-6-14(15(12)19-11)16(20)18-10-13-5-3-9-17-13;;/h2,4,6-8,13,17H,3,5,9-10H2,1H3,(H,18,20);2*1H. The lowest BCUT2D eigenvalue weighted by molar-refractivity contribution is 0.0952. The van der Waals surface area contributed by atoms with Crippen molar-refractivity contribution in [3.8, 4) is 0 Å². The molecule has 6 heteroatoms. The summed E-state index contributed by atoms with van der Waals surface area (Å²) in [4.78, 5) is 16.8. The number of aryl methyl sites for hydroxylation is 1. The predicted octanol–water partition coefficient (Wildman–Crippen LogP) is 2.87. The topological polar surface area (TPSA) is 54.0 Å². The van der Waals surface area contributed by atoms with Gasteiger partial charge in [0, 0.05) is 23.7 Å². The maximum atomic E-state index is 12.3. The fourth-order valence-corrected chi connectivity index (χ4v) is 2.67. The van der Waals surface area contributed by atoms with E-state index >= 15 is 0 Å². The van der Waals surface area contributed by atoms with E-state index in [0.717, 1.165) is 29.6 Å². The van der Waals surface area contributed by atoms with Crippen molar-refractivity contribution in [2.45, 2.75) is 25.8 Å². The summed E-state index contributed by atoms with van der Waals surface area (Å²) in [6.45, 7) is 3.67. The molecule has 2 aromatic rings. The third-order valence-electron chi connectivity index (χ3n) is 3.78. The average molecular weight is 342 g/mol. The van der Waals surface area contributed by atoms with Crippen LogP contribution in [0.2, 0.25) is 0 Å². The Morgan fingerprint density at radius 1 is 1.32 bits per heavy atom. The zero-order valence-electron chi connectivity index (χ0n) is 12.5. The number of rotatable bonds is 3. The van der Waals surface area contributed by atoms with Crippen molar-refractivity contribution < 1.29 is 4.79 Å². The Hall–Kier alpha value is -1.36. The van der Waals surface area contributed by atoms with E-state index in [1.165, 1.54) is 6.42 Å². The van der Waals surface area contributed by atoms with Gasteiger partial charge < -0.3 is 10.6 Å². The Balaban J connectivity index is 0.00000121. The molecule has 120 valence electrons. The molecule has 1 aliphatic rings. The molecule has 0 spiro atoms. The van der Waals surface area contributed by atoms with Crippen LogP contribution in [0, 0.1) is 6.92 Å². The van der Waals surface area contributed by atoms with Gasteiger partial charge in [-0.15, -0.1) is 24.8 Å². The third-order valence-corrected chi connectivity index (χ3v) is 3.78. The van der Waals surface area contributed by atoms with Crippen LogP contribution in [0.4, 0.5) is 0 Å². The molecule has 3 rings (SSSR count). The number of aromatic nitrogens is 1. The molecule has 1 saturated heterocycles. The summed E-state index contributed by atoms with van der Waals surface area (Å²) in [5, 5.41) is 7.39. The summed E-state index contributed by atoms with van der Waals surface area (Å²) in [5.41, 5.74) is 2.36. The van der Waals surface area contributed by atoms with E-state index in [1.807, 2.05) is 37.3 Å². The quantitative estimate of drug-likeness (QED) is 0.902. The van der Waals surface area contributed by atoms with Crippen LogP contribution in [-0.4, -0.2) is 30.0 Å². The molecular weight excluding hydrogens is 321 g/mol. The van der Waals surface area contributed by atoms with E-state index in [-0.39, 0.29) is 30.7 Å². The normalized spacial score (nSPS) is 16.7. The van der Waals surface area contributed by atoms with Gasteiger partial charge in [0.2, 0.25) is 0 Å². The zero-order valence-corrected chi connectivity index (χ0v) is 14.1. The Morgan fingerprint density at radius 2 is 2.14 bits per heavy atom. The number of pyridine rings is 1. The summed E-state index contributed by atoms with van der Waals surface area (Å²) in [6.07, 6.45) is 2.32. The van der Waals surface area contributed by atoms with Gasteiger partial charge in [-0.1, -0.05) is 18.2 Å². The van der Waals surface area contributed by atoms with Crippen LogP contribution in [0.15, 0.2) is 30.3 Å². The summed E-state index contributed by atoms with van der Waals surface area (Å²) in [7, 11) is 0. The maximum absolute atomic E-state index is 12.3. The van der Waals surface area contributed by atoms with Crippen molar-refractivity contribution in [2.75, 3.05) is 13.1 Å². The van der Waals surface area contributed by atoms with Gasteiger partial charge in [0.05, 0.1) is 11.1 Å². The SMILES string of the molecule is Cc1ccc2cccc(C(=O)NCC3CCCN3)c2n1.Cl.Cl. The van der Waals surface area contributed by atoms with Crippen molar-refractivity contribution in [3.05, 3.63) is 41.6 Å². The fraction of sp³-hybridized carbons (Fsp3) is 0.375. The Morgan fingerprint density at radius 3 is 2.86 bits per heavy atom. The first-order valence-electron chi connectivity index (χ1n) is 7.12. The predicted molar refractivity (Wildman–Crippen MR) is 94.3 cm³/mol. The molecule has 0 bridgehead atoms. The first kappa shape index (κ1) is 18.7. The number of halogens is 2. The smallest absolute Gasteiger partial charge is 0.253 e. The lowest BCUT2D eigenvalue weighted by atomic mass is 10.1. The van der Waals surface area contributed by atoms with Crippen LogP contribution in [0.1, 0.15) is 28.9 Å². The van der Waals surface area contributed by atoms with E-state index in [0.29, 0.717) is 18.2 Å². The molecule has 22 heavy (non-hydrogen) atoms. The molecule has 1 fully saturated rings. The molecule has 0 aliphatic carbocycles. The van der Waals surface area contributed by atoms with Crippen molar-refractivity contribution >= 4 is 41.6 Å². The number of fused-ring (bicyclic) bond motifs is 1. The Kier molecular flexibility index (Phi) is 7.07. The first-order chi connectivity index (χ1) is 9.74. The van der Waals surface area contributed by atoms with E-state index in [2.05, 4.69) is 15.6 Å². The number of nitrogens with zero attached hydrogens (tertiary/aromatic N) is 1. The Bertz CT molecular complexity index is 642. The average Bonchev–Trinajstić information content (AvgIpc) is 2.97. The highest BCUT2D eigenvalue weighted by atomic mass is 35.5. The van der Waals surface area contributed by atoms with Crippen LogP contribution >= 0.6 is 24.8 Å². The van der Waals surface area contributed by atoms with Crippen LogP contribution in [0.25, 0.3) is 10.9 Å². The van der Waals surface area contributed by atoms with Crippen LogP contribution in [0.3, 0.4) is 0 Å². The number of para-hydroxylation sites is 1. The minimum atomic E-state index is -0.0394. The summed E-state index contributed by atoms with van der Waals surface area (Å²) < 4.78 is 0.